The molecule has 36 heavy (non-hydrogen) atoms. The number of ether oxygens (including phenoxy) is 3. The maximum atomic E-state index is 11.9. The molecule has 0 spiro atoms. The smallest absolute Gasteiger partial charge is 0.339 e. The van der Waals surface area contributed by atoms with Crippen LogP contribution in [-0.4, -0.2) is 55.7 Å². The summed E-state index contributed by atoms with van der Waals surface area (Å²) in [5.41, 5.74) is 2.16. The van der Waals surface area contributed by atoms with Crippen LogP contribution >= 0.6 is 0 Å². The molecule has 0 aliphatic rings. The second kappa shape index (κ2) is 13.1. The zero-order valence-electron chi connectivity index (χ0n) is 22.0. The third kappa shape index (κ3) is 7.34. The van der Waals surface area contributed by atoms with Crippen molar-refractivity contribution in [3.8, 4) is 17.2 Å². The first kappa shape index (κ1) is 28.9. The van der Waals surface area contributed by atoms with Gasteiger partial charge in [-0.15, -0.1) is 0 Å². The van der Waals surface area contributed by atoms with Gasteiger partial charge in [-0.25, -0.2) is 4.79 Å². The first-order valence-corrected chi connectivity index (χ1v) is 12.2. The van der Waals surface area contributed by atoms with E-state index in [4.69, 9.17) is 19.3 Å². The van der Waals surface area contributed by atoms with Gasteiger partial charge in [-0.3, -0.25) is 0 Å². The fourth-order valence-corrected chi connectivity index (χ4v) is 3.87. The Kier molecular flexibility index (Phi) is 10.5. The van der Waals surface area contributed by atoms with E-state index in [1.54, 1.807) is 0 Å². The van der Waals surface area contributed by atoms with E-state index in [0.29, 0.717) is 31.1 Å². The van der Waals surface area contributed by atoms with Crippen LogP contribution in [0.2, 0.25) is 0 Å². The summed E-state index contributed by atoms with van der Waals surface area (Å²) < 4.78 is 17.3. The minimum Gasteiger partial charge on any atom is -0.507 e. The molecule has 2 rings (SSSR count). The van der Waals surface area contributed by atoms with Gasteiger partial charge in [0.25, 0.3) is 0 Å². The van der Waals surface area contributed by atoms with Crippen molar-refractivity contribution < 1.29 is 29.2 Å². The zero-order valence-corrected chi connectivity index (χ0v) is 22.0. The van der Waals surface area contributed by atoms with Crippen LogP contribution in [0.4, 0.5) is 5.69 Å². The second-order valence-electron chi connectivity index (χ2n) is 9.30. The number of aromatic hydroxyl groups is 1. The molecule has 0 saturated heterocycles. The molecule has 1 unspecified atom stereocenters. The highest BCUT2D eigenvalue weighted by Gasteiger charge is 2.27. The molecule has 198 valence electrons. The summed E-state index contributed by atoms with van der Waals surface area (Å²) in [6.45, 7) is 15.3. The summed E-state index contributed by atoms with van der Waals surface area (Å²) in [5, 5.41) is 22.3. The maximum absolute atomic E-state index is 11.9. The van der Waals surface area contributed by atoms with Crippen LogP contribution in [-0.2, 0) is 10.2 Å². The van der Waals surface area contributed by atoms with Gasteiger partial charge in [-0.1, -0.05) is 32.0 Å². The Morgan fingerprint density at radius 1 is 1.06 bits per heavy atom. The summed E-state index contributed by atoms with van der Waals surface area (Å²) in [7, 11) is 0. The third-order valence-corrected chi connectivity index (χ3v) is 5.79. The van der Waals surface area contributed by atoms with Crippen LogP contribution in [0.15, 0.2) is 35.5 Å². The van der Waals surface area contributed by atoms with Crippen molar-refractivity contribution in [3.05, 3.63) is 51.9 Å². The van der Waals surface area contributed by atoms with Crippen molar-refractivity contribution in [1.82, 2.24) is 0 Å². The quantitative estimate of drug-likeness (QED) is 0.255. The minimum absolute atomic E-state index is 0.0953. The maximum Gasteiger partial charge on any atom is 0.339 e. The van der Waals surface area contributed by atoms with Gasteiger partial charge in [-0.05, 0) is 55.5 Å². The Bertz CT molecular complexity index is 1030. The molecule has 0 aliphatic heterocycles. The van der Waals surface area contributed by atoms with E-state index in [1.165, 1.54) is 18.2 Å². The molecule has 0 fully saturated rings. The summed E-state index contributed by atoms with van der Waals surface area (Å²) in [4.78, 5) is 25.3. The van der Waals surface area contributed by atoms with Gasteiger partial charge in [0.05, 0.1) is 12.3 Å². The van der Waals surface area contributed by atoms with Crippen molar-refractivity contribution in [2.75, 3.05) is 44.4 Å². The largest absolute Gasteiger partial charge is 0.507 e. The lowest BCUT2D eigenvalue weighted by molar-refractivity contribution is 0.0693. The summed E-state index contributed by atoms with van der Waals surface area (Å²) in [6, 6.07) is 6.83. The van der Waals surface area contributed by atoms with Gasteiger partial charge in [0.15, 0.2) is 6.04 Å². The molecule has 0 saturated carbocycles. The topological polar surface area (TPSA) is 118 Å². The molecule has 2 aromatic carbocycles. The number of phenols is 1. The second-order valence-corrected chi connectivity index (χ2v) is 9.30. The predicted molar refractivity (Wildman–Crippen MR) is 140 cm³/mol. The van der Waals surface area contributed by atoms with Gasteiger partial charge in [0, 0.05) is 25.8 Å². The van der Waals surface area contributed by atoms with Crippen LogP contribution in [0.3, 0.4) is 0 Å². The number of aromatic carboxylic acids is 1. The van der Waals surface area contributed by atoms with Crippen molar-refractivity contribution in [2.45, 2.75) is 53.0 Å². The molecular formula is C27H38N2O7. The molecule has 0 heterocycles. The molecule has 1 atom stereocenters. The Hall–Kier alpha value is -3.33. The minimum atomic E-state index is -1.24. The Labute approximate surface area is 213 Å². The number of carbonyl (C=O) groups is 1. The molecule has 0 amide bonds. The van der Waals surface area contributed by atoms with E-state index in [2.05, 4.69) is 44.7 Å². The van der Waals surface area contributed by atoms with Crippen LogP contribution in [0.25, 0.3) is 0 Å². The summed E-state index contributed by atoms with van der Waals surface area (Å²) >= 11 is 0. The lowest BCUT2D eigenvalue weighted by Gasteiger charge is -2.33. The van der Waals surface area contributed by atoms with Crippen LogP contribution in [0.5, 0.6) is 17.2 Å². The van der Waals surface area contributed by atoms with E-state index in [9.17, 15) is 14.8 Å². The number of nitrogens with zero attached hydrogens (tertiary/aromatic N) is 2. The van der Waals surface area contributed by atoms with Crippen molar-refractivity contribution in [3.63, 3.8) is 0 Å². The number of hydrogen-bond donors (Lipinski definition) is 2. The molecule has 9 nitrogen and oxygen atoms in total. The van der Waals surface area contributed by atoms with E-state index in [1.807, 2.05) is 19.1 Å². The Morgan fingerprint density at radius 3 is 2.28 bits per heavy atom. The van der Waals surface area contributed by atoms with E-state index >= 15 is 0 Å². The number of anilines is 1. The molecule has 0 radical (unpaired) electrons. The fraction of sp³-hybridized carbons (Fsp3) is 0.519. The SMILES string of the molecule is CCOCCOc1cc(C(COc2ccc(C(=O)O)c(O)c2)N=O)cc(C(C)(C)C)c1N(CC)CC. The van der Waals surface area contributed by atoms with Gasteiger partial charge in [-0.2, -0.15) is 4.91 Å². The highest BCUT2D eigenvalue weighted by Crippen LogP contribution is 2.42. The van der Waals surface area contributed by atoms with Crippen LogP contribution in [0, 0.1) is 4.91 Å². The monoisotopic (exact) mass is 502 g/mol. The average molecular weight is 503 g/mol. The summed E-state index contributed by atoms with van der Waals surface area (Å²) in [5.74, 6) is -0.779. The van der Waals surface area contributed by atoms with Crippen LogP contribution < -0.4 is 14.4 Å². The lowest BCUT2D eigenvalue weighted by Crippen LogP contribution is -2.28. The fourth-order valence-electron chi connectivity index (χ4n) is 3.87. The predicted octanol–water partition coefficient (Wildman–Crippen LogP) is 5.54. The van der Waals surface area contributed by atoms with E-state index in [0.717, 1.165) is 24.3 Å². The number of carboxylic acids is 1. The van der Waals surface area contributed by atoms with Gasteiger partial charge < -0.3 is 29.3 Å². The first-order chi connectivity index (χ1) is 17.1. The zero-order chi connectivity index (χ0) is 26.9. The normalized spacial score (nSPS) is 12.2. The number of benzene rings is 2. The molecule has 2 aromatic rings. The molecule has 0 bridgehead atoms. The average Bonchev–Trinajstić information content (AvgIpc) is 2.82. The molecule has 0 aliphatic carbocycles. The van der Waals surface area contributed by atoms with Crippen molar-refractivity contribution in [1.29, 1.82) is 0 Å². The lowest BCUT2D eigenvalue weighted by atomic mass is 9.83. The number of rotatable bonds is 14. The van der Waals surface area contributed by atoms with Crippen molar-refractivity contribution in [2.24, 2.45) is 5.18 Å². The Morgan fingerprint density at radius 2 is 1.75 bits per heavy atom. The summed E-state index contributed by atoms with van der Waals surface area (Å²) in [6.07, 6.45) is 0. The standard InChI is InChI=1S/C27H38N2O7/c1-7-29(8-2)25-21(27(4,5)6)14-18(15-24(25)35-13-12-34-9-3)22(28-33)17-36-19-10-11-20(26(31)32)23(30)16-19/h10-11,14-16,22,30H,7-9,12-13,17H2,1-6H3,(H,31,32). The number of hydrogen-bond acceptors (Lipinski definition) is 8. The van der Waals surface area contributed by atoms with Crippen molar-refractivity contribution >= 4 is 11.7 Å². The first-order valence-electron chi connectivity index (χ1n) is 12.2. The molecule has 9 heteroatoms. The third-order valence-electron chi connectivity index (χ3n) is 5.79. The van der Waals surface area contributed by atoms with Gasteiger partial charge in [0.1, 0.15) is 36.0 Å². The highest BCUT2D eigenvalue weighted by molar-refractivity contribution is 5.90. The van der Waals surface area contributed by atoms with Gasteiger partial charge >= 0.3 is 5.97 Å². The highest BCUT2D eigenvalue weighted by atomic mass is 16.5. The molecule has 2 N–H and O–H groups in total. The van der Waals surface area contributed by atoms with E-state index in [-0.39, 0.29) is 23.3 Å². The number of nitroso groups, excluding NO2 is 1. The molecular weight excluding hydrogens is 464 g/mol. The number of carboxylic acid groups (broad SMARTS) is 1. The van der Waals surface area contributed by atoms with Gasteiger partial charge in [0.2, 0.25) is 0 Å². The molecule has 0 aromatic heterocycles. The Balaban J connectivity index is 2.46. The van der Waals surface area contributed by atoms with E-state index < -0.39 is 17.8 Å². The van der Waals surface area contributed by atoms with Crippen LogP contribution in [0.1, 0.15) is 69.1 Å².